The summed E-state index contributed by atoms with van der Waals surface area (Å²) in [6.45, 7) is 2.40. The smallest absolute Gasteiger partial charge is 0.266 e. The van der Waals surface area contributed by atoms with Crippen LogP contribution >= 0.6 is 0 Å². The van der Waals surface area contributed by atoms with E-state index in [-0.39, 0.29) is 11.5 Å². The van der Waals surface area contributed by atoms with Crippen molar-refractivity contribution in [3.05, 3.63) is 54.6 Å². The SMILES string of the molecule is CCCCCCCOS(=O)(=O)c1ccccc1-c1ccccc1. The average Bonchev–Trinajstić information content (AvgIpc) is 2.59. The summed E-state index contributed by atoms with van der Waals surface area (Å²) in [6, 6.07) is 16.5. The normalized spacial score (nSPS) is 11.5. The predicted molar refractivity (Wildman–Crippen MR) is 93.8 cm³/mol. The van der Waals surface area contributed by atoms with Crippen LogP contribution in [0.4, 0.5) is 0 Å². The highest BCUT2D eigenvalue weighted by Gasteiger charge is 2.19. The first kappa shape index (κ1) is 17.7. The van der Waals surface area contributed by atoms with Crippen molar-refractivity contribution in [2.24, 2.45) is 0 Å². The van der Waals surface area contributed by atoms with E-state index in [1.807, 2.05) is 42.5 Å². The zero-order valence-corrected chi connectivity index (χ0v) is 14.4. The molecule has 3 nitrogen and oxygen atoms in total. The summed E-state index contributed by atoms with van der Waals surface area (Å²) in [6.07, 6.45) is 5.25. The van der Waals surface area contributed by atoms with Crippen LogP contribution in [0.2, 0.25) is 0 Å². The van der Waals surface area contributed by atoms with Gasteiger partial charge in [0.2, 0.25) is 0 Å². The molecule has 0 unspecified atom stereocenters. The van der Waals surface area contributed by atoms with Crippen molar-refractivity contribution in [1.82, 2.24) is 0 Å². The van der Waals surface area contributed by atoms with Gasteiger partial charge in [-0.05, 0) is 18.1 Å². The molecule has 0 aromatic heterocycles. The Morgan fingerprint density at radius 3 is 2.22 bits per heavy atom. The Kier molecular flexibility index (Phi) is 6.81. The molecule has 0 bridgehead atoms. The highest BCUT2D eigenvalue weighted by Crippen LogP contribution is 2.28. The maximum atomic E-state index is 12.5. The second kappa shape index (κ2) is 8.85. The summed E-state index contributed by atoms with van der Waals surface area (Å²) in [7, 11) is -3.73. The molecule has 0 amide bonds. The quantitative estimate of drug-likeness (QED) is 0.478. The molecule has 0 saturated carbocycles. The summed E-state index contributed by atoms with van der Waals surface area (Å²) in [4.78, 5) is 0.236. The van der Waals surface area contributed by atoms with E-state index < -0.39 is 10.1 Å². The van der Waals surface area contributed by atoms with E-state index in [1.165, 1.54) is 12.8 Å². The van der Waals surface area contributed by atoms with Crippen LogP contribution in [0.1, 0.15) is 39.0 Å². The first-order valence-electron chi connectivity index (χ1n) is 8.19. The molecule has 2 aromatic carbocycles. The Morgan fingerprint density at radius 2 is 1.48 bits per heavy atom. The molecule has 0 aliphatic heterocycles. The minimum Gasteiger partial charge on any atom is -0.266 e. The Labute approximate surface area is 139 Å². The minimum absolute atomic E-state index is 0.236. The maximum Gasteiger partial charge on any atom is 0.297 e. The van der Waals surface area contributed by atoms with E-state index in [1.54, 1.807) is 12.1 Å². The number of unbranched alkanes of at least 4 members (excludes halogenated alkanes) is 4. The van der Waals surface area contributed by atoms with Crippen molar-refractivity contribution in [2.45, 2.75) is 43.9 Å². The lowest BCUT2D eigenvalue weighted by atomic mass is 10.1. The maximum absolute atomic E-state index is 12.5. The number of rotatable bonds is 9. The first-order chi connectivity index (χ1) is 11.1. The lowest BCUT2D eigenvalue weighted by Gasteiger charge is -2.11. The topological polar surface area (TPSA) is 43.4 Å². The molecule has 0 saturated heterocycles. The Hall–Kier alpha value is -1.65. The average molecular weight is 332 g/mol. The van der Waals surface area contributed by atoms with Crippen LogP contribution < -0.4 is 0 Å². The number of hydrogen-bond acceptors (Lipinski definition) is 3. The van der Waals surface area contributed by atoms with Gasteiger partial charge in [0.25, 0.3) is 10.1 Å². The molecule has 0 atom stereocenters. The highest BCUT2D eigenvalue weighted by atomic mass is 32.2. The van der Waals surface area contributed by atoms with E-state index in [4.69, 9.17) is 4.18 Å². The first-order valence-corrected chi connectivity index (χ1v) is 9.60. The lowest BCUT2D eigenvalue weighted by Crippen LogP contribution is -2.09. The van der Waals surface area contributed by atoms with Gasteiger partial charge in [0.15, 0.2) is 0 Å². The van der Waals surface area contributed by atoms with Crippen molar-refractivity contribution in [2.75, 3.05) is 6.61 Å². The highest BCUT2D eigenvalue weighted by molar-refractivity contribution is 7.87. The molecular formula is C19H24O3S. The minimum atomic E-state index is -3.73. The lowest BCUT2D eigenvalue weighted by molar-refractivity contribution is 0.306. The van der Waals surface area contributed by atoms with Gasteiger partial charge in [-0.1, -0.05) is 81.1 Å². The second-order valence-electron chi connectivity index (χ2n) is 5.55. The summed E-state index contributed by atoms with van der Waals surface area (Å²) in [5.41, 5.74) is 1.55. The van der Waals surface area contributed by atoms with Gasteiger partial charge in [0.05, 0.1) is 6.61 Å². The molecule has 0 radical (unpaired) electrons. The van der Waals surface area contributed by atoms with E-state index in [2.05, 4.69) is 6.92 Å². The standard InChI is InChI=1S/C19H24O3S/c1-2-3-4-5-11-16-22-23(20,21)19-15-10-9-14-18(19)17-12-7-6-8-13-17/h6-10,12-15H,2-5,11,16H2,1H3. The van der Waals surface area contributed by atoms with Gasteiger partial charge in [0, 0.05) is 5.56 Å². The molecule has 0 N–H and O–H groups in total. The van der Waals surface area contributed by atoms with Crippen molar-refractivity contribution >= 4 is 10.1 Å². The fraction of sp³-hybridized carbons (Fsp3) is 0.368. The van der Waals surface area contributed by atoms with Crippen molar-refractivity contribution in [3.63, 3.8) is 0 Å². The molecule has 124 valence electrons. The zero-order valence-electron chi connectivity index (χ0n) is 13.6. The molecule has 0 aliphatic carbocycles. The summed E-state index contributed by atoms with van der Waals surface area (Å²) in [5, 5.41) is 0. The summed E-state index contributed by atoms with van der Waals surface area (Å²) in [5.74, 6) is 0. The fourth-order valence-electron chi connectivity index (χ4n) is 2.48. The van der Waals surface area contributed by atoms with Crippen LogP contribution in [0.15, 0.2) is 59.5 Å². The third kappa shape index (κ3) is 5.19. The molecule has 2 aromatic rings. The van der Waals surface area contributed by atoms with Crippen LogP contribution in [0, 0.1) is 0 Å². The van der Waals surface area contributed by atoms with Crippen molar-refractivity contribution in [1.29, 1.82) is 0 Å². The zero-order chi connectivity index (χ0) is 16.5. The predicted octanol–water partition coefficient (Wildman–Crippen LogP) is 5.03. The fourth-order valence-corrected chi connectivity index (χ4v) is 3.64. The van der Waals surface area contributed by atoms with Gasteiger partial charge in [-0.2, -0.15) is 8.42 Å². The van der Waals surface area contributed by atoms with Gasteiger partial charge in [-0.25, -0.2) is 0 Å². The molecule has 0 aliphatic rings. The Bertz CT molecular complexity index is 694. The third-order valence-electron chi connectivity index (χ3n) is 3.73. The molecule has 0 heterocycles. The molecule has 2 rings (SSSR count). The van der Waals surface area contributed by atoms with E-state index >= 15 is 0 Å². The van der Waals surface area contributed by atoms with Crippen LogP contribution in [0.25, 0.3) is 11.1 Å². The number of hydrogen-bond donors (Lipinski definition) is 0. The van der Waals surface area contributed by atoms with Gasteiger partial charge >= 0.3 is 0 Å². The van der Waals surface area contributed by atoms with E-state index in [0.29, 0.717) is 5.56 Å². The monoisotopic (exact) mass is 332 g/mol. The molecule has 23 heavy (non-hydrogen) atoms. The molecule has 0 spiro atoms. The summed E-state index contributed by atoms with van der Waals surface area (Å²) < 4.78 is 30.2. The van der Waals surface area contributed by atoms with Crippen molar-refractivity contribution in [3.8, 4) is 11.1 Å². The Morgan fingerprint density at radius 1 is 0.826 bits per heavy atom. The largest absolute Gasteiger partial charge is 0.297 e. The third-order valence-corrected chi connectivity index (χ3v) is 5.10. The van der Waals surface area contributed by atoms with Gasteiger partial charge in [0.1, 0.15) is 4.90 Å². The van der Waals surface area contributed by atoms with Crippen LogP contribution in [-0.4, -0.2) is 15.0 Å². The van der Waals surface area contributed by atoms with Gasteiger partial charge in [-0.3, -0.25) is 4.18 Å². The molecule has 0 fully saturated rings. The molecular weight excluding hydrogens is 308 g/mol. The summed E-state index contributed by atoms with van der Waals surface area (Å²) >= 11 is 0. The van der Waals surface area contributed by atoms with Gasteiger partial charge in [-0.15, -0.1) is 0 Å². The van der Waals surface area contributed by atoms with Gasteiger partial charge < -0.3 is 0 Å². The van der Waals surface area contributed by atoms with Crippen LogP contribution in [-0.2, 0) is 14.3 Å². The number of benzene rings is 2. The van der Waals surface area contributed by atoms with Crippen LogP contribution in [0.3, 0.4) is 0 Å². The Balaban J connectivity index is 2.08. The van der Waals surface area contributed by atoms with Crippen molar-refractivity contribution < 1.29 is 12.6 Å². The molecule has 4 heteroatoms. The van der Waals surface area contributed by atoms with E-state index in [0.717, 1.165) is 24.8 Å². The van der Waals surface area contributed by atoms with E-state index in [9.17, 15) is 8.42 Å². The second-order valence-corrected chi connectivity index (χ2v) is 7.14. The van der Waals surface area contributed by atoms with Crippen LogP contribution in [0.5, 0.6) is 0 Å².